The molecule has 1 unspecified atom stereocenters. The minimum atomic E-state index is 0. The van der Waals surface area contributed by atoms with Gasteiger partial charge in [0.2, 0.25) is 0 Å². The Hall–Kier alpha value is 1.17. The van der Waals surface area contributed by atoms with Crippen molar-refractivity contribution >= 4 is 15.9 Å². The first-order valence-corrected chi connectivity index (χ1v) is 9.70. The van der Waals surface area contributed by atoms with Gasteiger partial charge in [0.25, 0.3) is 0 Å². The monoisotopic (exact) mass is 461 g/mol. The lowest BCUT2D eigenvalue weighted by Gasteiger charge is -2.35. The van der Waals surface area contributed by atoms with Crippen molar-refractivity contribution in [1.82, 2.24) is 0 Å². The molecule has 20 heavy (non-hydrogen) atoms. The largest absolute Gasteiger partial charge is 1.00 e. The molecule has 0 fully saturated rings. The Bertz CT molecular complexity index is 178. The van der Waals surface area contributed by atoms with Crippen LogP contribution in [0.25, 0.3) is 0 Å². The minimum Gasteiger partial charge on any atom is -1.00 e. The summed E-state index contributed by atoms with van der Waals surface area (Å²) in [6, 6.07) is 0. The Labute approximate surface area is 154 Å². The molecule has 0 aromatic heterocycles. The van der Waals surface area contributed by atoms with E-state index in [0.29, 0.717) is 0 Å². The topological polar surface area (TPSA) is 0 Å². The van der Waals surface area contributed by atoms with Gasteiger partial charge in [-0.3, -0.25) is 0 Å². The minimum absolute atomic E-state index is 0. The number of unbranched alkanes of at least 4 members (excludes halogenated alkanes) is 7. The zero-order chi connectivity index (χ0) is 14.4. The molecule has 1 atom stereocenters. The van der Waals surface area contributed by atoms with E-state index in [4.69, 9.17) is 0 Å². The van der Waals surface area contributed by atoms with E-state index in [0.717, 1.165) is 0 Å². The van der Waals surface area contributed by atoms with E-state index in [-0.39, 0.29) is 24.0 Å². The van der Waals surface area contributed by atoms with E-state index in [2.05, 4.69) is 36.8 Å². The van der Waals surface area contributed by atoms with Gasteiger partial charge in [0.05, 0.1) is 26.7 Å². The van der Waals surface area contributed by atoms with Gasteiger partial charge in [-0.05, 0) is 38.5 Å². The fourth-order valence-electron chi connectivity index (χ4n) is 2.76. The Morgan fingerprint density at radius 1 is 0.650 bits per heavy atom. The van der Waals surface area contributed by atoms with Gasteiger partial charge >= 0.3 is 0 Å². The van der Waals surface area contributed by atoms with Gasteiger partial charge in [-0.15, -0.1) is 0 Å². The van der Waals surface area contributed by atoms with Crippen LogP contribution in [-0.4, -0.2) is 36.5 Å². The van der Waals surface area contributed by atoms with Gasteiger partial charge < -0.3 is 28.5 Å². The lowest BCUT2D eigenvalue weighted by atomic mass is 10.1. The first kappa shape index (κ1) is 23.4. The second-order valence-electron chi connectivity index (χ2n) is 6.31. The highest BCUT2D eigenvalue weighted by molar-refractivity contribution is 9.09. The van der Waals surface area contributed by atoms with Crippen LogP contribution in [0.15, 0.2) is 0 Å². The Kier molecular flexibility index (Phi) is 19.4. The van der Waals surface area contributed by atoms with E-state index in [1.54, 1.807) is 0 Å². The van der Waals surface area contributed by atoms with Gasteiger partial charge in [0.1, 0.15) is 0 Å². The summed E-state index contributed by atoms with van der Waals surface area (Å²) in [7, 11) is 2.49. The van der Waals surface area contributed by atoms with E-state index < -0.39 is 0 Å². The lowest BCUT2D eigenvalue weighted by molar-refractivity contribution is -0.910. The fourth-order valence-corrected chi connectivity index (χ4v) is 3.16. The van der Waals surface area contributed by atoms with Crippen molar-refractivity contribution in [2.24, 2.45) is 0 Å². The molecule has 0 spiro atoms. The summed E-state index contributed by atoms with van der Waals surface area (Å²) in [5.74, 6) is 0. The predicted octanol–water partition coefficient (Wildman–Crippen LogP) is 2.77. The average Bonchev–Trinajstić information content (AvgIpc) is 2.39. The van der Waals surface area contributed by atoms with Crippen LogP contribution in [0.3, 0.4) is 0 Å². The van der Waals surface area contributed by atoms with Gasteiger partial charge in [0.15, 0.2) is 0 Å². The molecular weight excluding hydrogens is 425 g/mol. The van der Waals surface area contributed by atoms with Crippen LogP contribution >= 0.6 is 15.9 Å². The van der Waals surface area contributed by atoms with Crippen molar-refractivity contribution in [3.05, 3.63) is 0 Å². The van der Waals surface area contributed by atoms with Crippen molar-refractivity contribution < 1.29 is 28.5 Å². The molecule has 0 saturated heterocycles. The third-order valence-electron chi connectivity index (χ3n) is 4.18. The molecule has 0 aromatic carbocycles. The highest BCUT2D eigenvalue weighted by atomic mass is 127. The van der Waals surface area contributed by atoms with Crippen LogP contribution in [0.4, 0.5) is 0 Å². The lowest BCUT2D eigenvalue weighted by Crippen LogP contribution is -3.00. The predicted molar refractivity (Wildman–Crippen MR) is 92.1 cm³/mol. The third kappa shape index (κ3) is 14.1. The van der Waals surface area contributed by atoms with Crippen LogP contribution in [-0.2, 0) is 0 Å². The van der Waals surface area contributed by atoms with E-state index in [1.165, 1.54) is 93.7 Å². The molecule has 3 heteroatoms. The first-order valence-electron chi connectivity index (χ1n) is 8.58. The van der Waals surface area contributed by atoms with E-state index >= 15 is 0 Å². The standard InChI is InChI=1S/C17H37BrN.HI/c1-4-6-8-9-12-16-19(3,15-11-7-5-2)17-13-10-14-18;/h4-17H2,1-3H3;1H/q+1;/p-1. The third-order valence-corrected chi connectivity index (χ3v) is 4.75. The van der Waals surface area contributed by atoms with Crippen molar-refractivity contribution in [2.75, 3.05) is 32.0 Å². The number of quaternary nitrogens is 1. The van der Waals surface area contributed by atoms with Gasteiger partial charge in [0, 0.05) is 5.33 Å². The second-order valence-corrected chi connectivity index (χ2v) is 7.10. The highest BCUT2D eigenvalue weighted by Gasteiger charge is 2.19. The first-order chi connectivity index (χ1) is 9.18. The van der Waals surface area contributed by atoms with Gasteiger partial charge in [-0.1, -0.05) is 55.5 Å². The summed E-state index contributed by atoms with van der Waals surface area (Å²) in [6.07, 6.45) is 13.9. The Balaban J connectivity index is 0. The number of rotatable bonds is 14. The normalized spacial score (nSPS) is 13.8. The maximum Gasteiger partial charge on any atom is 0.0784 e. The molecule has 0 N–H and O–H groups in total. The molecule has 0 aliphatic rings. The molecule has 0 rings (SSSR count). The molecule has 0 amide bonds. The summed E-state index contributed by atoms with van der Waals surface area (Å²) in [5, 5.41) is 1.17. The van der Waals surface area contributed by atoms with Gasteiger partial charge in [-0.25, -0.2) is 0 Å². The van der Waals surface area contributed by atoms with Crippen LogP contribution in [0.5, 0.6) is 0 Å². The Morgan fingerprint density at radius 3 is 1.55 bits per heavy atom. The molecule has 0 bridgehead atoms. The quantitative estimate of drug-likeness (QED) is 0.161. The smallest absolute Gasteiger partial charge is 0.0784 e. The summed E-state index contributed by atoms with van der Waals surface area (Å²) in [5.41, 5.74) is 0. The maximum atomic E-state index is 3.56. The van der Waals surface area contributed by atoms with Crippen LogP contribution < -0.4 is 24.0 Å². The number of nitrogens with zero attached hydrogens (tertiary/aromatic N) is 1. The number of hydrogen-bond acceptors (Lipinski definition) is 0. The molecule has 0 aliphatic heterocycles. The maximum absolute atomic E-state index is 3.56. The van der Waals surface area contributed by atoms with Gasteiger partial charge in [-0.2, -0.15) is 0 Å². The van der Waals surface area contributed by atoms with Crippen molar-refractivity contribution in [3.8, 4) is 0 Å². The zero-order valence-corrected chi connectivity index (χ0v) is 17.8. The van der Waals surface area contributed by atoms with Crippen molar-refractivity contribution in [2.45, 2.75) is 78.1 Å². The molecule has 1 nitrogen and oxygen atoms in total. The second kappa shape index (κ2) is 16.5. The van der Waals surface area contributed by atoms with Crippen LogP contribution in [0.2, 0.25) is 0 Å². The molecule has 0 aliphatic carbocycles. The van der Waals surface area contributed by atoms with Crippen LogP contribution in [0.1, 0.15) is 78.1 Å². The molecule has 124 valence electrons. The molecular formula is C17H37BrIN. The number of alkyl halides is 1. The van der Waals surface area contributed by atoms with E-state index in [1.807, 2.05) is 0 Å². The van der Waals surface area contributed by atoms with Crippen LogP contribution in [0, 0.1) is 0 Å². The highest BCUT2D eigenvalue weighted by Crippen LogP contribution is 2.13. The Morgan fingerprint density at radius 2 is 1.05 bits per heavy atom. The molecule has 0 aromatic rings. The zero-order valence-electron chi connectivity index (χ0n) is 14.1. The number of halogens is 2. The summed E-state index contributed by atoms with van der Waals surface area (Å²) in [4.78, 5) is 0. The fraction of sp³-hybridized carbons (Fsp3) is 1.00. The molecule has 0 saturated carbocycles. The SMILES string of the molecule is CCCCCCC[N+](C)(CCCCC)CCCCBr.[I-]. The molecule has 0 heterocycles. The summed E-state index contributed by atoms with van der Waals surface area (Å²) >= 11 is 3.56. The van der Waals surface area contributed by atoms with Crippen molar-refractivity contribution in [1.29, 1.82) is 0 Å². The van der Waals surface area contributed by atoms with E-state index in [9.17, 15) is 0 Å². The summed E-state index contributed by atoms with van der Waals surface area (Å²) < 4.78 is 1.32. The summed E-state index contributed by atoms with van der Waals surface area (Å²) in [6.45, 7) is 8.77. The van der Waals surface area contributed by atoms with Crippen molar-refractivity contribution in [3.63, 3.8) is 0 Å². The molecule has 0 radical (unpaired) electrons. The average molecular weight is 462 g/mol. The number of hydrogen-bond donors (Lipinski definition) is 0.